The Balaban J connectivity index is 0.000001000. The van der Waals surface area contributed by atoms with Crippen LogP contribution in [0.15, 0.2) is 0 Å². The molecule has 0 amide bonds. The van der Waals surface area contributed by atoms with Crippen molar-refractivity contribution < 1.29 is 48.8 Å². The molecule has 1 rings (SSSR count). The van der Waals surface area contributed by atoms with E-state index in [9.17, 15) is 0 Å². The van der Waals surface area contributed by atoms with Crippen LogP contribution in [0.25, 0.3) is 0 Å². The first-order chi connectivity index (χ1) is 4.70. The van der Waals surface area contributed by atoms with Crippen LogP contribution in [-0.4, -0.2) is 31.1 Å². The Labute approximate surface area is 105 Å². The van der Waals surface area contributed by atoms with Gasteiger partial charge in [-0.2, -0.15) is 0 Å². The maximum Gasteiger partial charge on any atom is 0.0215 e. The molecule has 1 fully saturated rings. The summed E-state index contributed by atoms with van der Waals surface area (Å²) in [6.45, 7) is 4.05. The summed E-state index contributed by atoms with van der Waals surface area (Å²) in [5, 5.41) is 0. The van der Waals surface area contributed by atoms with E-state index in [0.717, 1.165) is 12.8 Å². The zero-order chi connectivity index (χ0) is 7.56. The van der Waals surface area contributed by atoms with Crippen LogP contribution in [0.4, 0.5) is 0 Å². The predicted molar refractivity (Wildman–Crippen MR) is 41.6 cm³/mol. The van der Waals surface area contributed by atoms with E-state index in [1.807, 2.05) is 6.61 Å². The third-order valence-electron chi connectivity index (χ3n) is 2.03. The van der Waals surface area contributed by atoms with E-state index in [1.165, 1.54) is 0 Å². The van der Waals surface area contributed by atoms with Crippen LogP contribution in [0.1, 0.15) is 19.8 Å². The van der Waals surface area contributed by atoms with E-state index in [1.54, 1.807) is 0 Å². The Morgan fingerprint density at radius 3 is 2.45 bits per heavy atom. The van der Waals surface area contributed by atoms with Crippen LogP contribution in [0.2, 0.25) is 0 Å². The number of nitrogens with zero attached hydrogens (tertiary/aromatic N) is 1. The third-order valence-corrected chi connectivity index (χ3v) is 2.03. The van der Waals surface area contributed by atoms with Crippen LogP contribution in [0, 0.1) is 50.7 Å². The zero-order valence-electron chi connectivity index (χ0n) is 7.58. The van der Waals surface area contributed by atoms with Crippen molar-refractivity contribution in [3.63, 3.8) is 0 Å². The van der Waals surface area contributed by atoms with Gasteiger partial charge in [-0.1, -0.05) is 0 Å². The molecule has 1 saturated heterocycles. The number of hydrogen-bond donors (Lipinski definition) is 0. The molecule has 2 nitrogen and oxygen atoms in total. The molecule has 1 aliphatic heterocycles. The second-order valence-electron chi connectivity index (χ2n) is 3.20. The second-order valence-corrected chi connectivity index (χ2v) is 3.20. The van der Waals surface area contributed by atoms with Crippen LogP contribution in [0.3, 0.4) is 0 Å². The Bertz CT molecular complexity index is 108. The van der Waals surface area contributed by atoms with Crippen molar-refractivity contribution in [1.29, 1.82) is 0 Å². The van der Waals surface area contributed by atoms with E-state index < -0.39 is 0 Å². The molecule has 0 spiro atoms. The van der Waals surface area contributed by atoms with Gasteiger partial charge >= 0.3 is 0 Å². The summed E-state index contributed by atoms with van der Waals surface area (Å²) < 4.78 is 5.31. The first-order valence-electron chi connectivity index (χ1n) is 3.83. The minimum atomic E-state index is 0. The maximum absolute atomic E-state index is 5.31. The molecule has 11 heavy (non-hydrogen) atoms. The standard InChI is InChI=1S/C8H16NO.Ac/c1-7-6-8(9(2)3)4-5-10-7;/h5,7-8H,4,6H2,1-3H3;/q-1;. The molecule has 0 N–H and O–H groups in total. The van der Waals surface area contributed by atoms with E-state index >= 15 is 0 Å². The number of ether oxygens (including phenoxy) is 1. The van der Waals surface area contributed by atoms with Crippen molar-refractivity contribution in [3.05, 3.63) is 6.61 Å². The van der Waals surface area contributed by atoms with Crippen LogP contribution >= 0.6 is 0 Å². The fourth-order valence-corrected chi connectivity index (χ4v) is 1.29. The van der Waals surface area contributed by atoms with E-state index in [-0.39, 0.29) is 44.1 Å². The molecule has 0 aromatic heterocycles. The molecule has 63 valence electrons. The average molecular weight is 369 g/mol. The zero-order valence-corrected chi connectivity index (χ0v) is 12.3. The molecule has 1 radical (unpaired) electrons. The monoisotopic (exact) mass is 369 g/mol. The third kappa shape index (κ3) is 4.22. The minimum absolute atomic E-state index is 0. The van der Waals surface area contributed by atoms with Crippen molar-refractivity contribution in [2.75, 3.05) is 14.1 Å². The molecule has 0 saturated carbocycles. The minimum Gasteiger partial charge on any atom is -0.550 e. The Morgan fingerprint density at radius 2 is 2.09 bits per heavy atom. The van der Waals surface area contributed by atoms with Gasteiger partial charge in [0.15, 0.2) is 0 Å². The summed E-state index contributed by atoms with van der Waals surface area (Å²) in [6.07, 6.45) is 2.63. The van der Waals surface area contributed by atoms with Gasteiger partial charge in [0, 0.05) is 50.2 Å². The Kier molecular flexibility index (Phi) is 6.65. The van der Waals surface area contributed by atoms with E-state index in [4.69, 9.17) is 4.74 Å². The Morgan fingerprint density at radius 1 is 1.45 bits per heavy atom. The van der Waals surface area contributed by atoms with Gasteiger partial charge in [-0.25, -0.2) is 6.61 Å². The van der Waals surface area contributed by atoms with Crippen molar-refractivity contribution >= 4 is 0 Å². The van der Waals surface area contributed by atoms with Gasteiger partial charge in [-0.15, -0.1) is 6.42 Å². The topological polar surface area (TPSA) is 12.5 Å². The molecular formula is C8H16AcNO-. The fraction of sp³-hybridized carbons (Fsp3) is 0.875. The number of hydrogen-bond acceptors (Lipinski definition) is 2. The number of rotatable bonds is 1. The van der Waals surface area contributed by atoms with Crippen LogP contribution in [0.5, 0.6) is 0 Å². The largest absolute Gasteiger partial charge is 0.550 e. The van der Waals surface area contributed by atoms with Gasteiger partial charge in [-0.3, -0.25) is 0 Å². The molecule has 0 aliphatic carbocycles. The van der Waals surface area contributed by atoms with E-state index in [0.29, 0.717) is 12.1 Å². The maximum atomic E-state index is 5.31. The smallest absolute Gasteiger partial charge is 0.0215 e. The fourth-order valence-electron chi connectivity index (χ4n) is 1.29. The van der Waals surface area contributed by atoms with Gasteiger partial charge in [0.1, 0.15) is 0 Å². The molecule has 0 aromatic rings. The molecule has 1 aliphatic rings. The molecule has 3 heteroatoms. The molecule has 0 bridgehead atoms. The normalized spacial score (nSPS) is 31.6. The molecule has 0 aromatic carbocycles. The summed E-state index contributed by atoms with van der Waals surface area (Å²) in [5.74, 6) is 0. The van der Waals surface area contributed by atoms with Gasteiger partial charge in [0.25, 0.3) is 0 Å². The summed E-state index contributed by atoms with van der Waals surface area (Å²) in [4.78, 5) is 2.26. The first kappa shape index (κ1) is 12.4. The van der Waals surface area contributed by atoms with Crippen LogP contribution in [-0.2, 0) is 4.74 Å². The average Bonchev–Trinajstić information content (AvgIpc) is 1.88. The molecule has 1 heterocycles. The molecule has 2 unspecified atom stereocenters. The second kappa shape index (κ2) is 5.91. The van der Waals surface area contributed by atoms with Crippen LogP contribution < -0.4 is 0 Å². The Hall–Kier alpha value is 1.36. The quantitative estimate of drug-likeness (QED) is 0.646. The first-order valence-corrected chi connectivity index (χ1v) is 3.83. The van der Waals surface area contributed by atoms with Crippen molar-refractivity contribution in [2.24, 2.45) is 0 Å². The molecule has 2 atom stereocenters. The van der Waals surface area contributed by atoms with Crippen molar-refractivity contribution in [1.82, 2.24) is 4.90 Å². The molecular weight excluding hydrogens is 353 g/mol. The summed E-state index contributed by atoms with van der Waals surface area (Å²) in [5.41, 5.74) is 0. The SMILES string of the molecule is CC1CC(N(C)C)C[CH-]O1.[Ac]. The predicted octanol–water partition coefficient (Wildman–Crippen LogP) is 1.28. The van der Waals surface area contributed by atoms with Gasteiger partial charge in [0.05, 0.1) is 0 Å². The van der Waals surface area contributed by atoms with Crippen molar-refractivity contribution in [3.8, 4) is 0 Å². The summed E-state index contributed by atoms with van der Waals surface area (Å²) in [7, 11) is 4.24. The van der Waals surface area contributed by atoms with Gasteiger partial charge in [-0.05, 0) is 33.5 Å². The van der Waals surface area contributed by atoms with Gasteiger partial charge in [0.2, 0.25) is 0 Å². The summed E-state index contributed by atoms with van der Waals surface area (Å²) in [6, 6.07) is 0.684. The van der Waals surface area contributed by atoms with Gasteiger partial charge < -0.3 is 9.64 Å². The van der Waals surface area contributed by atoms with E-state index in [2.05, 4.69) is 25.9 Å². The summed E-state index contributed by atoms with van der Waals surface area (Å²) >= 11 is 0. The van der Waals surface area contributed by atoms with Crippen molar-refractivity contribution in [2.45, 2.75) is 31.9 Å².